The molecule has 0 spiro atoms. The zero-order chi connectivity index (χ0) is 67.5. The van der Waals surface area contributed by atoms with Crippen LogP contribution in [-0.4, -0.2) is 47.4 Å². The summed E-state index contributed by atoms with van der Waals surface area (Å²) in [5, 5.41) is 17.2. The van der Waals surface area contributed by atoms with Crippen molar-refractivity contribution in [2.24, 2.45) is 0 Å². The Morgan fingerprint density at radius 3 is 1.17 bits per heavy atom. The first-order valence-corrected chi connectivity index (χ1v) is 35.1. The maximum Gasteiger partial charge on any atom is 0.147 e. The van der Waals surface area contributed by atoms with Crippen molar-refractivity contribution in [2.75, 3.05) is 0 Å². The van der Waals surface area contributed by atoms with E-state index in [-0.39, 0.29) is 0 Å². The van der Waals surface area contributed by atoms with Crippen molar-refractivity contribution in [3.8, 4) is 17.1 Å². The van der Waals surface area contributed by atoms with Gasteiger partial charge in [0, 0.05) is 103 Å². The van der Waals surface area contributed by atoms with E-state index in [0.717, 1.165) is 110 Å². The Kier molecular flexibility index (Phi) is 12.3. The van der Waals surface area contributed by atoms with Crippen LogP contribution in [0, 0.1) is 0 Å². The molecule has 0 aliphatic rings. The summed E-state index contributed by atoms with van der Waals surface area (Å²) < 4.78 is 11.8. The fourth-order valence-electron chi connectivity index (χ4n) is 16.7. The highest BCUT2D eigenvalue weighted by atomic mass is 35.5. The SMILES string of the molecule is Clc1ccc2c(c1)c1nc3ccccc3cc1c1nc3ccccc3n21.c1ccc(-n2c3ccccc3c3ccc4c5ccccc5[nH]c4c32)cc1.c1ccc(-n2c3ccccc3c3ccc4c5ccccc5n(-c5ccc6c(c5)c5nc7ccccc7cc5c5nc7ccccc7n65)c4c32)cc1. The number of H-pyrrole nitrogens is 1. The normalized spacial score (nSPS) is 12.1. The Morgan fingerprint density at radius 1 is 0.243 bits per heavy atom. The molecule has 0 fully saturated rings. The Hall–Kier alpha value is -13.7. The van der Waals surface area contributed by atoms with Crippen LogP contribution in [0.2, 0.25) is 5.02 Å². The molecule has 10 nitrogen and oxygen atoms in total. The van der Waals surface area contributed by atoms with Crippen LogP contribution in [0.15, 0.2) is 328 Å². The molecule has 480 valence electrons. The van der Waals surface area contributed by atoms with Gasteiger partial charge in [0.15, 0.2) is 0 Å². The second-order valence-corrected chi connectivity index (χ2v) is 27.1. The predicted octanol–water partition coefficient (Wildman–Crippen LogP) is 24.0. The largest absolute Gasteiger partial charge is 0.353 e. The predicted molar refractivity (Wildman–Crippen MR) is 430 cm³/mol. The van der Waals surface area contributed by atoms with Crippen LogP contribution in [0.4, 0.5) is 0 Å². The molecule has 0 saturated heterocycles. The minimum absolute atomic E-state index is 0.706. The lowest BCUT2D eigenvalue weighted by molar-refractivity contribution is 1.15. The molecule has 24 rings (SSSR count). The van der Waals surface area contributed by atoms with Crippen molar-refractivity contribution in [1.82, 2.24) is 47.4 Å². The highest BCUT2D eigenvalue weighted by Gasteiger charge is 2.24. The van der Waals surface area contributed by atoms with Crippen LogP contribution in [0.5, 0.6) is 0 Å². The standard InChI is InChI=1S/C46H27N5.C24H16N2.C22H12ClN3/c1-2-13-29(14-3-1)49-39-19-9-5-15-31(39)33-23-24-34-32-16-6-10-20-40(32)50(45(34)44(33)49)30-22-25-41-35(27-30)43-36(26-28-12-4-7-17-37(28)47-43)46-48-38-18-8-11-21-42(38)51(41)46;1-2-8-16(9-3-1)26-22-13-7-5-11-18(22)20-15-14-19-17-10-4-6-12-21(17)25-23(19)24(20)26;23-14-9-10-19-15(12-14)21-16(11-13-5-1-2-6-17(13)24-21)22-25-18-7-3-4-8-20(18)26(19)22/h1-27H;1-15,25H;1-12H. The number of pyridine rings is 4. The van der Waals surface area contributed by atoms with Gasteiger partial charge in [-0.2, -0.15) is 0 Å². The number of nitrogens with zero attached hydrogens (tertiary/aromatic N) is 9. The molecule has 0 bridgehead atoms. The Labute approximate surface area is 591 Å². The topological polar surface area (TPSA) is 91.0 Å². The first kappa shape index (κ1) is 57.3. The van der Waals surface area contributed by atoms with Gasteiger partial charge in [0.25, 0.3) is 0 Å². The summed E-state index contributed by atoms with van der Waals surface area (Å²) >= 11 is 6.33. The zero-order valence-corrected chi connectivity index (χ0v) is 55.8. The second-order valence-electron chi connectivity index (χ2n) is 26.7. The molecule has 0 aliphatic heterocycles. The monoisotopic (exact) mass is 1330 g/mol. The van der Waals surface area contributed by atoms with Gasteiger partial charge >= 0.3 is 0 Å². The minimum atomic E-state index is 0.706. The Balaban J connectivity index is 0.000000108. The lowest BCUT2D eigenvalue weighted by Crippen LogP contribution is -2.00. The molecule has 1 N–H and O–H groups in total. The molecule has 24 aromatic rings. The second kappa shape index (κ2) is 22.2. The van der Waals surface area contributed by atoms with E-state index in [1.54, 1.807) is 0 Å². The third-order valence-corrected chi connectivity index (χ3v) is 21.3. The van der Waals surface area contributed by atoms with Gasteiger partial charge in [0.1, 0.15) is 11.3 Å². The Bertz CT molecular complexity index is 7710. The van der Waals surface area contributed by atoms with Crippen LogP contribution in [0.1, 0.15) is 0 Å². The molecule has 10 aromatic heterocycles. The summed E-state index contributed by atoms with van der Waals surface area (Å²) in [5.41, 5.74) is 25.0. The highest BCUT2D eigenvalue weighted by Crippen LogP contribution is 2.45. The average molecular weight is 1340 g/mol. The summed E-state index contributed by atoms with van der Waals surface area (Å²) in [4.78, 5) is 24.0. The number of hydrogen-bond donors (Lipinski definition) is 1. The molecule has 0 aliphatic carbocycles. The number of halogens is 1. The molecule has 14 aromatic carbocycles. The fraction of sp³-hybridized carbons (Fsp3) is 0. The maximum atomic E-state index is 6.33. The molecule has 0 radical (unpaired) electrons. The number of imidazole rings is 2. The van der Waals surface area contributed by atoms with Crippen LogP contribution in [0.3, 0.4) is 0 Å². The quantitative estimate of drug-likeness (QED) is 0.141. The van der Waals surface area contributed by atoms with Crippen molar-refractivity contribution in [3.05, 3.63) is 333 Å². The van der Waals surface area contributed by atoms with Crippen molar-refractivity contribution >= 4 is 198 Å². The number of rotatable bonds is 3. The number of benzene rings is 14. The van der Waals surface area contributed by atoms with E-state index < -0.39 is 0 Å². The number of hydrogen-bond acceptors (Lipinski definition) is 4. The van der Waals surface area contributed by atoms with Gasteiger partial charge < -0.3 is 18.7 Å². The van der Waals surface area contributed by atoms with E-state index in [4.69, 9.17) is 31.5 Å². The van der Waals surface area contributed by atoms with Crippen molar-refractivity contribution in [2.45, 2.75) is 0 Å². The third-order valence-electron chi connectivity index (χ3n) is 21.1. The summed E-state index contributed by atoms with van der Waals surface area (Å²) in [6, 6.07) is 116. The number of nitrogens with one attached hydrogen (secondary N) is 1. The summed E-state index contributed by atoms with van der Waals surface area (Å²) in [6.07, 6.45) is 0. The Morgan fingerprint density at radius 2 is 0.641 bits per heavy atom. The molecular formula is C92H55ClN10. The minimum Gasteiger partial charge on any atom is -0.353 e. The molecule has 103 heavy (non-hydrogen) atoms. The third kappa shape index (κ3) is 8.50. The van der Waals surface area contributed by atoms with E-state index in [2.05, 4.69) is 307 Å². The lowest BCUT2D eigenvalue weighted by Gasteiger charge is -2.15. The molecule has 10 heterocycles. The van der Waals surface area contributed by atoms with Crippen molar-refractivity contribution < 1.29 is 0 Å². The van der Waals surface area contributed by atoms with Gasteiger partial charge in [-0.15, -0.1) is 0 Å². The van der Waals surface area contributed by atoms with E-state index in [1.165, 1.54) is 92.9 Å². The summed E-state index contributed by atoms with van der Waals surface area (Å²) in [7, 11) is 0. The van der Waals surface area contributed by atoms with Crippen molar-refractivity contribution in [1.29, 1.82) is 0 Å². The van der Waals surface area contributed by atoms with Gasteiger partial charge in [-0.05, 0) is 133 Å². The zero-order valence-electron chi connectivity index (χ0n) is 55.1. The van der Waals surface area contributed by atoms with Crippen LogP contribution >= 0.6 is 11.6 Å². The molecule has 11 heteroatoms. The van der Waals surface area contributed by atoms with Gasteiger partial charge in [0.2, 0.25) is 0 Å². The van der Waals surface area contributed by atoms with Gasteiger partial charge in [-0.3, -0.25) is 8.80 Å². The number of fused-ring (bicyclic) bond motifs is 32. The molecular weight excluding hydrogens is 1280 g/mol. The first-order valence-electron chi connectivity index (χ1n) is 34.7. The maximum absolute atomic E-state index is 6.33. The van der Waals surface area contributed by atoms with E-state index in [9.17, 15) is 0 Å². The highest BCUT2D eigenvalue weighted by molar-refractivity contribution is 6.32. The number of aromatic amines is 1. The average Bonchev–Trinajstić information content (AvgIpc) is 1.61. The number of aromatic nitrogens is 10. The molecule has 0 amide bonds. The van der Waals surface area contributed by atoms with Crippen molar-refractivity contribution in [3.63, 3.8) is 0 Å². The molecule has 0 saturated carbocycles. The van der Waals surface area contributed by atoms with Gasteiger partial charge in [0.05, 0.1) is 93.8 Å². The van der Waals surface area contributed by atoms with Gasteiger partial charge in [-0.1, -0.05) is 206 Å². The molecule has 0 unspecified atom stereocenters. The molecule has 0 atom stereocenters. The van der Waals surface area contributed by atoms with E-state index >= 15 is 0 Å². The summed E-state index contributed by atoms with van der Waals surface area (Å²) in [6.45, 7) is 0. The summed E-state index contributed by atoms with van der Waals surface area (Å²) in [5.74, 6) is 0. The van der Waals surface area contributed by atoms with Crippen LogP contribution in [0.25, 0.3) is 203 Å². The van der Waals surface area contributed by atoms with Crippen LogP contribution < -0.4 is 0 Å². The fourth-order valence-corrected chi connectivity index (χ4v) is 16.8. The van der Waals surface area contributed by atoms with Gasteiger partial charge in [-0.25, -0.2) is 19.9 Å². The smallest absolute Gasteiger partial charge is 0.147 e. The van der Waals surface area contributed by atoms with E-state index in [1.807, 2.05) is 48.5 Å². The first-order chi connectivity index (χ1) is 51.0. The van der Waals surface area contributed by atoms with Crippen LogP contribution in [-0.2, 0) is 0 Å². The lowest BCUT2D eigenvalue weighted by atomic mass is 10.1. The number of para-hydroxylation sites is 12. The van der Waals surface area contributed by atoms with E-state index in [0.29, 0.717) is 5.02 Å².